The lowest BCUT2D eigenvalue weighted by Crippen LogP contribution is -2.29. The number of anilines is 1. The molecule has 7 nitrogen and oxygen atoms in total. The van der Waals surface area contributed by atoms with Crippen molar-refractivity contribution in [2.45, 2.75) is 25.8 Å². The molecule has 4 aromatic rings. The first-order valence-corrected chi connectivity index (χ1v) is 12.7. The molecule has 1 atom stereocenters. The number of pyridine rings is 1. The van der Waals surface area contributed by atoms with Crippen molar-refractivity contribution in [1.29, 1.82) is 0 Å². The highest BCUT2D eigenvalue weighted by atomic mass is 35.5. The third-order valence-corrected chi connectivity index (χ3v) is 7.12. The second kappa shape index (κ2) is 10.1. The van der Waals surface area contributed by atoms with E-state index in [0.717, 1.165) is 17.5 Å². The Bertz CT molecular complexity index is 1480. The van der Waals surface area contributed by atoms with Gasteiger partial charge in [0.25, 0.3) is 5.78 Å². The predicted molar refractivity (Wildman–Crippen MR) is 140 cm³/mol. The number of aromatic nitrogens is 2. The van der Waals surface area contributed by atoms with Gasteiger partial charge in [-0.3, -0.25) is 19.5 Å². The second-order valence-corrected chi connectivity index (χ2v) is 9.74. The van der Waals surface area contributed by atoms with E-state index >= 15 is 0 Å². The molecule has 1 fully saturated rings. The number of aliphatic hydroxyl groups is 1. The van der Waals surface area contributed by atoms with E-state index in [4.69, 9.17) is 16.3 Å². The molecule has 3 heterocycles. The van der Waals surface area contributed by atoms with Gasteiger partial charge >= 0.3 is 5.91 Å². The number of amides is 1. The molecule has 0 spiro atoms. The van der Waals surface area contributed by atoms with Crippen LogP contribution in [0.1, 0.15) is 36.9 Å². The van der Waals surface area contributed by atoms with Crippen molar-refractivity contribution in [3.05, 3.63) is 88.7 Å². The Morgan fingerprint density at radius 1 is 1.17 bits per heavy atom. The van der Waals surface area contributed by atoms with Crippen LogP contribution in [0.2, 0.25) is 5.02 Å². The Morgan fingerprint density at radius 3 is 2.81 bits per heavy atom. The monoisotopic (exact) mass is 519 g/mol. The van der Waals surface area contributed by atoms with Crippen LogP contribution in [-0.2, 0) is 9.59 Å². The molecule has 5 rings (SSSR count). The van der Waals surface area contributed by atoms with Gasteiger partial charge in [-0.05, 0) is 48.4 Å². The average molecular weight is 520 g/mol. The summed E-state index contributed by atoms with van der Waals surface area (Å²) in [5.41, 5.74) is 1.58. The highest BCUT2D eigenvalue weighted by molar-refractivity contribution is 7.22. The van der Waals surface area contributed by atoms with E-state index in [1.54, 1.807) is 67.0 Å². The van der Waals surface area contributed by atoms with Gasteiger partial charge in [0.15, 0.2) is 5.13 Å². The zero-order chi connectivity index (χ0) is 25.2. The summed E-state index contributed by atoms with van der Waals surface area (Å²) < 4.78 is 6.55. The summed E-state index contributed by atoms with van der Waals surface area (Å²) >= 11 is 7.38. The summed E-state index contributed by atoms with van der Waals surface area (Å²) in [4.78, 5) is 36.8. The lowest BCUT2D eigenvalue weighted by atomic mass is 9.96. The van der Waals surface area contributed by atoms with Crippen LogP contribution in [0.25, 0.3) is 16.0 Å². The smallest absolute Gasteiger partial charge is 0.301 e. The number of Topliss-reactive ketones (excluding diaryl/α,β-unsaturated/α-hetero) is 1. The van der Waals surface area contributed by atoms with Crippen LogP contribution in [0, 0.1) is 0 Å². The molecule has 1 aliphatic heterocycles. The molecule has 36 heavy (non-hydrogen) atoms. The molecule has 0 aliphatic carbocycles. The van der Waals surface area contributed by atoms with Crippen LogP contribution in [0.4, 0.5) is 5.13 Å². The topological polar surface area (TPSA) is 92.6 Å². The molecular formula is C27H22ClN3O4S. The number of ether oxygens (including phenoxy) is 1. The molecule has 1 N–H and O–H groups in total. The number of carbonyl (C=O) groups excluding carboxylic acids is 2. The summed E-state index contributed by atoms with van der Waals surface area (Å²) in [6.07, 6.45) is 5.07. The van der Waals surface area contributed by atoms with Gasteiger partial charge in [-0.15, -0.1) is 0 Å². The maximum atomic E-state index is 13.3. The molecule has 1 saturated heterocycles. The summed E-state index contributed by atoms with van der Waals surface area (Å²) in [6.45, 7) is 2.62. The number of thiazole rings is 1. The Balaban J connectivity index is 1.63. The van der Waals surface area contributed by atoms with Crippen LogP contribution >= 0.6 is 22.9 Å². The minimum Gasteiger partial charge on any atom is -0.507 e. The van der Waals surface area contributed by atoms with Gasteiger partial charge in [0.05, 0.1) is 28.4 Å². The van der Waals surface area contributed by atoms with E-state index in [2.05, 4.69) is 16.9 Å². The number of hydrogen-bond donors (Lipinski definition) is 1. The Kier molecular flexibility index (Phi) is 6.71. The van der Waals surface area contributed by atoms with Crippen LogP contribution < -0.4 is 9.64 Å². The van der Waals surface area contributed by atoms with Crippen molar-refractivity contribution in [3.8, 4) is 5.75 Å². The number of rotatable bonds is 7. The number of benzene rings is 2. The third kappa shape index (κ3) is 4.45. The normalized spacial score (nSPS) is 17.2. The first-order chi connectivity index (χ1) is 17.5. The number of ketones is 1. The molecule has 1 amide bonds. The largest absolute Gasteiger partial charge is 0.507 e. The zero-order valence-electron chi connectivity index (χ0n) is 19.3. The van der Waals surface area contributed by atoms with Crippen LogP contribution in [-0.4, -0.2) is 33.4 Å². The molecule has 1 unspecified atom stereocenters. The highest BCUT2D eigenvalue weighted by Gasteiger charge is 2.48. The van der Waals surface area contributed by atoms with Crippen LogP contribution in [0.15, 0.2) is 72.6 Å². The first-order valence-electron chi connectivity index (χ1n) is 11.5. The number of carbonyl (C=O) groups is 2. The number of nitrogens with zero attached hydrogens (tertiary/aromatic N) is 3. The molecule has 182 valence electrons. The van der Waals surface area contributed by atoms with Crippen LogP contribution in [0.5, 0.6) is 5.75 Å². The molecular weight excluding hydrogens is 498 g/mol. The quantitative estimate of drug-likeness (QED) is 0.136. The average Bonchev–Trinajstić information content (AvgIpc) is 3.42. The fraction of sp³-hybridized carbons (Fsp3) is 0.185. The van der Waals surface area contributed by atoms with Gasteiger partial charge in [0.2, 0.25) is 0 Å². The standard InChI is InChI=1S/C27H22ClN3O4S/c1-2-3-12-35-19-8-4-6-16(13-19)24(32)22-23(17-7-5-11-29-15-17)31(26(34)25(22)33)27-30-20-10-9-18(28)14-21(20)36-27/h4-11,13-15,23,32H,2-3,12H2,1H3. The van der Waals surface area contributed by atoms with E-state index in [1.165, 1.54) is 16.2 Å². The summed E-state index contributed by atoms with van der Waals surface area (Å²) in [5, 5.41) is 12.2. The van der Waals surface area contributed by atoms with E-state index in [-0.39, 0.29) is 11.3 Å². The zero-order valence-corrected chi connectivity index (χ0v) is 20.9. The van der Waals surface area contributed by atoms with Gasteiger partial charge in [-0.1, -0.05) is 54.5 Å². The molecule has 9 heteroatoms. The third-order valence-electron chi connectivity index (χ3n) is 5.86. The molecule has 0 radical (unpaired) electrons. The van der Waals surface area contributed by atoms with Crippen molar-refractivity contribution >= 4 is 55.7 Å². The van der Waals surface area contributed by atoms with E-state index in [0.29, 0.717) is 39.2 Å². The van der Waals surface area contributed by atoms with Crippen molar-refractivity contribution in [2.24, 2.45) is 0 Å². The van der Waals surface area contributed by atoms with Gasteiger partial charge in [0, 0.05) is 23.0 Å². The Hall–Kier alpha value is -3.75. The van der Waals surface area contributed by atoms with E-state index in [1.807, 2.05) is 0 Å². The second-order valence-electron chi connectivity index (χ2n) is 8.29. The van der Waals surface area contributed by atoms with Gasteiger partial charge in [-0.25, -0.2) is 4.98 Å². The van der Waals surface area contributed by atoms with E-state index < -0.39 is 17.7 Å². The van der Waals surface area contributed by atoms with Crippen LogP contribution in [0.3, 0.4) is 0 Å². The van der Waals surface area contributed by atoms with Crippen molar-refractivity contribution in [3.63, 3.8) is 0 Å². The summed E-state index contributed by atoms with van der Waals surface area (Å²) in [7, 11) is 0. The lowest BCUT2D eigenvalue weighted by molar-refractivity contribution is -0.132. The first kappa shape index (κ1) is 24.0. The number of fused-ring (bicyclic) bond motifs is 1. The molecule has 1 aliphatic rings. The number of halogens is 1. The summed E-state index contributed by atoms with van der Waals surface area (Å²) in [5.74, 6) is -1.28. The fourth-order valence-corrected chi connectivity index (χ4v) is 5.36. The predicted octanol–water partition coefficient (Wildman–Crippen LogP) is 6.15. The molecule has 0 bridgehead atoms. The number of aliphatic hydroxyl groups excluding tert-OH is 1. The van der Waals surface area contributed by atoms with Gasteiger partial charge in [0.1, 0.15) is 11.5 Å². The minimum absolute atomic E-state index is 0.0315. The highest BCUT2D eigenvalue weighted by Crippen LogP contribution is 2.44. The number of unbranched alkanes of at least 4 members (excludes halogenated alkanes) is 1. The minimum atomic E-state index is -0.903. The Labute approximate surface area is 216 Å². The van der Waals surface area contributed by atoms with Gasteiger partial charge in [-0.2, -0.15) is 0 Å². The molecule has 2 aromatic carbocycles. The fourth-order valence-electron chi connectivity index (χ4n) is 4.10. The molecule has 0 saturated carbocycles. The van der Waals surface area contributed by atoms with Crippen molar-refractivity contribution in [1.82, 2.24) is 9.97 Å². The number of hydrogen-bond acceptors (Lipinski definition) is 7. The molecule has 2 aromatic heterocycles. The van der Waals surface area contributed by atoms with E-state index in [9.17, 15) is 14.7 Å². The van der Waals surface area contributed by atoms with Gasteiger partial charge < -0.3 is 9.84 Å². The maximum absolute atomic E-state index is 13.3. The SMILES string of the molecule is CCCCOc1cccc(C(O)=C2C(=O)C(=O)N(c3nc4ccc(Cl)cc4s3)C2c2cccnc2)c1. The van der Waals surface area contributed by atoms with Crippen molar-refractivity contribution < 1.29 is 19.4 Å². The lowest BCUT2D eigenvalue weighted by Gasteiger charge is -2.22. The summed E-state index contributed by atoms with van der Waals surface area (Å²) in [6, 6.07) is 14.7. The van der Waals surface area contributed by atoms with Crippen molar-refractivity contribution in [2.75, 3.05) is 11.5 Å². The maximum Gasteiger partial charge on any atom is 0.301 e. The Morgan fingerprint density at radius 2 is 2.03 bits per heavy atom.